The first-order valence-electron chi connectivity index (χ1n) is 6.55. The van der Waals surface area contributed by atoms with Crippen LogP contribution in [0.2, 0.25) is 0 Å². The largest absolute Gasteiger partial charge is 0.481 e. The normalized spacial score (nSPS) is 24.6. The van der Waals surface area contributed by atoms with Crippen molar-refractivity contribution in [3.8, 4) is 0 Å². The smallest absolute Gasteiger partial charge is 0.311 e. The second kappa shape index (κ2) is 6.36. The number of hydrogen-bond acceptors (Lipinski definition) is 3. The Morgan fingerprint density at radius 3 is 2.65 bits per heavy atom. The molecule has 1 heterocycles. The fraction of sp³-hybridized carbons (Fsp3) is 0.923. The highest BCUT2D eigenvalue weighted by molar-refractivity contribution is 5.75. The summed E-state index contributed by atoms with van der Waals surface area (Å²) in [7, 11) is 0. The molecule has 3 N–H and O–H groups in total. The van der Waals surface area contributed by atoms with Gasteiger partial charge >= 0.3 is 5.97 Å². The van der Waals surface area contributed by atoms with Gasteiger partial charge in [-0.3, -0.25) is 4.79 Å². The second-order valence-corrected chi connectivity index (χ2v) is 5.58. The van der Waals surface area contributed by atoms with Crippen molar-refractivity contribution in [2.75, 3.05) is 13.2 Å². The Hall–Kier alpha value is -0.610. The van der Waals surface area contributed by atoms with Gasteiger partial charge in [-0.15, -0.1) is 0 Å². The van der Waals surface area contributed by atoms with Gasteiger partial charge in [0.2, 0.25) is 0 Å². The average Bonchev–Trinajstić information content (AvgIpc) is 2.28. The third-order valence-corrected chi connectivity index (χ3v) is 3.54. The molecule has 0 spiro atoms. The van der Waals surface area contributed by atoms with Crippen LogP contribution in [-0.2, 0) is 9.53 Å². The van der Waals surface area contributed by atoms with Gasteiger partial charge in [-0.25, -0.2) is 0 Å². The van der Waals surface area contributed by atoms with E-state index >= 15 is 0 Å². The Kier molecular flexibility index (Phi) is 5.40. The summed E-state index contributed by atoms with van der Waals surface area (Å²) in [6, 6.07) is 0. The maximum absolute atomic E-state index is 11.5. The van der Waals surface area contributed by atoms with Crippen molar-refractivity contribution in [1.29, 1.82) is 0 Å². The maximum atomic E-state index is 11.5. The molecule has 1 aliphatic rings. The minimum Gasteiger partial charge on any atom is -0.481 e. The van der Waals surface area contributed by atoms with E-state index in [0.717, 1.165) is 25.9 Å². The molecular formula is C13H25NO3. The van der Waals surface area contributed by atoms with Crippen molar-refractivity contribution in [3.05, 3.63) is 0 Å². The van der Waals surface area contributed by atoms with E-state index in [0.29, 0.717) is 18.8 Å². The van der Waals surface area contributed by atoms with Gasteiger partial charge in [0.05, 0.1) is 11.5 Å². The Morgan fingerprint density at radius 1 is 1.53 bits per heavy atom. The van der Waals surface area contributed by atoms with Crippen molar-refractivity contribution in [1.82, 2.24) is 0 Å². The quantitative estimate of drug-likeness (QED) is 0.748. The molecule has 0 amide bonds. The lowest BCUT2D eigenvalue weighted by molar-refractivity contribution is -0.153. The number of hydrogen-bond donors (Lipinski definition) is 2. The van der Waals surface area contributed by atoms with E-state index in [9.17, 15) is 9.90 Å². The van der Waals surface area contributed by atoms with E-state index in [1.165, 1.54) is 0 Å². The summed E-state index contributed by atoms with van der Waals surface area (Å²) in [4.78, 5) is 11.5. The fourth-order valence-corrected chi connectivity index (χ4v) is 2.70. The molecule has 0 aromatic rings. The minimum atomic E-state index is -0.809. The molecule has 2 unspecified atom stereocenters. The molecule has 1 aliphatic heterocycles. The molecule has 0 bridgehead atoms. The van der Waals surface area contributed by atoms with E-state index in [2.05, 4.69) is 0 Å². The predicted octanol–water partition coefficient (Wildman–Crippen LogP) is 2.02. The van der Waals surface area contributed by atoms with Crippen molar-refractivity contribution in [2.45, 2.75) is 52.1 Å². The van der Waals surface area contributed by atoms with Crippen LogP contribution in [-0.4, -0.2) is 30.3 Å². The van der Waals surface area contributed by atoms with Crippen molar-refractivity contribution in [2.24, 2.45) is 17.1 Å². The molecule has 1 rings (SSSR count). The summed E-state index contributed by atoms with van der Waals surface area (Å²) >= 11 is 0. The molecule has 100 valence electrons. The van der Waals surface area contributed by atoms with Gasteiger partial charge in [0.25, 0.3) is 0 Å². The summed E-state index contributed by atoms with van der Waals surface area (Å²) in [5.74, 6) is -0.443. The standard InChI is InChI=1S/C13H25NO3/c1-10(2)7-13(9-14,12(15)16)8-11-5-3-4-6-17-11/h10-11H,3-9,14H2,1-2H3,(H,15,16). The van der Waals surface area contributed by atoms with Gasteiger partial charge < -0.3 is 15.6 Å². The number of ether oxygens (including phenoxy) is 1. The number of carbonyl (C=O) groups is 1. The molecule has 4 nitrogen and oxygen atoms in total. The van der Waals surface area contributed by atoms with Crippen LogP contribution in [0.25, 0.3) is 0 Å². The Morgan fingerprint density at radius 2 is 2.24 bits per heavy atom. The highest BCUT2D eigenvalue weighted by atomic mass is 16.5. The summed E-state index contributed by atoms with van der Waals surface area (Å²) < 4.78 is 5.65. The first-order chi connectivity index (χ1) is 8.00. The van der Waals surface area contributed by atoms with Crippen LogP contribution in [0.3, 0.4) is 0 Å². The monoisotopic (exact) mass is 243 g/mol. The maximum Gasteiger partial charge on any atom is 0.311 e. The second-order valence-electron chi connectivity index (χ2n) is 5.58. The molecule has 2 atom stereocenters. The SMILES string of the molecule is CC(C)CC(CN)(CC1CCCCO1)C(=O)O. The number of rotatable bonds is 6. The molecule has 0 saturated carbocycles. The third-order valence-electron chi connectivity index (χ3n) is 3.54. The number of carboxylic acid groups (broad SMARTS) is 1. The van der Waals surface area contributed by atoms with Crippen LogP contribution in [0.1, 0.15) is 46.0 Å². The van der Waals surface area contributed by atoms with Crippen LogP contribution < -0.4 is 5.73 Å². The highest BCUT2D eigenvalue weighted by Crippen LogP contribution is 2.34. The topological polar surface area (TPSA) is 72.5 Å². The van der Waals surface area contributed by atoms with Gasteiger partial charge in [-0.05, 0) is 38.0 Å². The zero-order chi connectivity index (χ0) is 12.9. The highest BCUT2D eigenvalue weighted by Gasteiger charge is 2.40. The molecule has 0 radical (unpaired) electrons. The number of carboxylic acids is 1. The Bertz CT molecular complexity index is 249. The lowest BCUT2D eigenvalue weighted by atomic mass is 9.75. The zero-order valence-electron chi connectivity index (χ0n) is 10.9. The van der Waals surface area contributed by atoms with Crippen molar-refractivity contribution >= 4 is 5.97 Å². The average molecular weight is 243 g/mol. The van der Waals surface area contributed by atoms with Gasteiger partial charge in [0.1, 0.15) is 0 Å². The molecule has 1 fully saturated rings. The minimum absolute atomic E-state index is 0.0714. The van der Waals surface area contributed by atoms with E-state index in [1.807, 2.05) is 13.8 Å². The molecule has 4 heteroatoms. The van der Waals surface area contributed by atoms with Crippen LogP contribution >= 0.6 is 0 Å². The summed E-state index contributed by atoms with van der Waals surface area (Å²) in [6.45, 7) is 5.02. The first kappa shape index (κ1) is 14.5. The van der Waals surface area contributed by atoms with Gasteiger partial charge in [0, 0.05) is 13.2 Å². The van der Waals surface area contributed by atoms with Crippen LogP contribution in [0, 0.1) is 11.3 Å². The molecule has 0 aliphatic carbocycles. The lowest BCUT2D eigenvalue weighted by Crippen LogP contribution is -2.43. The molecule has 0 aromatic heterocycles. The van der Waals surface area contributed by atoms with Gasteiger partial charge in [0.15, 0.2) is 0 Å². The fourth-order valence-electron chi connectivity index (χ4n) is 2.70. The van der Waals surface area contributed by atoms with Crippen molar-refractivity contribution in [3.63, 3.8) is 0 Å². The molecular weight excluding hydrogens is 218 g/mol. The Balaban J connectivity index is 2.70. The summed E-state index contributed by atoms with van der Waals surface area (Å²) in [6.07, 6.45) is 4.43. The molecule has 0 aromatic carbocycles. The summed E-state index contributed by atoms with van der Waals surface area (Å²) in [5.41, 5.74) is 4.93. The van der Waals surface area contributed by atoms with Crippen LogP contribution in [0.15, 0.2) is 0 Å². The Labute approximate surface area is 104 Å². The number of aliphatic carboxylic acids is 1. The lowest BCUT2D eigenvalue weighted by Gasteiger charge is -2.34. The van der Waals surface area contributed by atoms with E-state index in [1.54, 1.807) is 0 Å². The molecule has 1 saturated heterocycles. The first-order valence-corrected chi connectivity index (χ1v) is 6.55. The van der Waals surface area contributed by atoms with E-state index in [4.69, 9.17) is 10.5 Å². The van der Waals surface area contributed by atoms with Crippen LogP contribution in [0.4, 0.5) is 0 Å². The van der Waals surface area contributed by atoms with Crippen LogP contribution in [0.5, 0.6) is 0 Å². The third kappa shape index (κ3) is 3.96. The zero-order valence-corrected chi connectivity index (χ0v) is 10.9. The van der Waals surface area contributed by atoms with E-state index in [-0.39, 0.29) is 12.6 Å². The summed E-state index contributed by atoms with van der Waals surface area (Å²) in [5, 5.41) is 9.47. The molecule has 17 heavy (non-hydrogen) atoms. The van der Waals surface area contributed by atoms with Gasteiger partial charge in [-0.1, -0.05) is 13.8 Å². The van der Waals surface area contributed by atoms with Crippen molar-refractivity contribution < 1.29 is 14.6 Å². The predicted molar refractivity (Wildman–Crippen MR) is 66.8 cm³/mol. The van der Waals surface area contributed by atoms with E-state index < -0.39 is 11.4 Å². The number of nitrogens with two attached hydrogens (primary N) is 1. The van der Waals surface area contributed by atoms with Gasteiger partial charge in [-0.2, -0.15) is 0 Å².